The highest BCUT2D eigenvalue weighted by atomic mass is 31.2. The van der Waals surface area contributed by atoms with Crippen LogP contribution in [-0.2, 0) is 9.30 Å². The lowest BCUT2D eigenvalue weighted by molar-refractivity contribution is 0.109. The summed E-state index contributed by atoms with van der Waals surface area (Å²) in [5.74, 6) is 0. The first-order valence-corrected chi connectivity index (χ1v) is 4.39. The summed E-state index contributed by atoms with van der Waals surface area (Å²) in [6, 6.07) is -5.37. The van der Waals surface area contributed by atoms with Crippen LogP contribution in [0.2, 0.25) is 0 Å². The van der Waals surface area contributed by atoms with Gasteiger partial charge in [-0.2, -0.15) is 26.3 Å². The molecule has 0 aliphatic rings. The van der Waals surface area contributed by atoms with E-state index < -0.39 is 32.0 Å². The van der Waals surface area contributed by atoms with Crippen LogP contribution in [0.1, 0.15) is 0 Å². The topological polar surface area (TPSA) is 87.0 Å². The summed E-state index contributed by atoms with van der Waals surface area (Å²) in [4.78, 5) is 21.6. The van der Waals surface area contributed by atoms with Crippen LogP contribution >= 0.6 is 7.82 Å². The molecule has 0 saturated carbocycles. The lowest BCUT2D eigenvalue weighted by Gasteiger charge is -1.94. The zero-order valence-corrected chi connectivity index (χ0v) is 7.77. The number of hydrogen-bond acceptors (Lipinski definition) is 2. The van der Waals surface area contributed by atoms with Crippen molar-refractivity contribution < 1.29 is 50.3 Å². The maximum Gasteiger partial charge on any atom is 0.466 e. The van der Waals surface area contributed by atoms with Gasteiger partial charge in [-0.1, -0.05) is 0 Å². The lowest BCUT2D eigenvalue weighted by atomic mass is 10.9. The van der Waals surface area contributed by atoms with Gasteiger partial charge in [0.2, 0.25) is 0 Å². The third-order valence-corrected chi connectivity index (χ3v) is 0.476. The Kier molecular flexibility index (Phi) is 7.90. The van der Waals surface area contributed by atoms with Crippen molar-refractivity contribution in [2.24, 2.45) is 0 Å². The molecule has 0 aromatic heterocycles. The van der Waals surface area contributed by atoms with Crippen LogP contribution in [0.15, 0.2) is 24.2 Å². The van der Waals surface area contributed by atoms with Crippen LogP contribution < -0.4 is 0 Å². The molecule has 3 N–H and O–H groups in total. The van der Waals surface area contributed by atoms with E-state index in [4.69, 9.17) is 19.2 Å². The van der Waals surface area contributed by atoms with Gasteiger partial charge in [-0.3, -0.25) is 0 Å². The molecule has 0 saturated heterocycles. The molecule has 0 radical (unpaired) electrons. The molecular weight excluding hydrogens is 273 g/mol. The Morgan fingerprint density at radius 2 is 1.00 bits per heavy atom. The highest BCUT2D eigenvalue weighted by Gasteiger charge is 2.13. The number of phosphoric acid groups is 1. The molecule has 0 bridgehead atoms. The molecule has 5 nitrogen and oxygen atoms in total. The highest BCUT2D eigenvalue weighted by molar-refractivity contribution is 7.45. The van der Waals surface area contributed by atoms with E-state index in [0.29, 0.717) is 0 Å². The van der Waals surface area contributed by atoms with Gasteiger partial charge in [-0.05, 0) is 0 Å². The van der Waals surface area contributed by atoms with Crippen molar-refractivity contribution in [2.75, 3.05) is 0 Å². The Bertz CT molecular complexity index is 296. The molecule has 96 valence electrons. The summed E-state index contributed by atoms with van der Waals surface area (Å²) in [7, 11) is -4.64. The van der Waals surface area contributed by atoms with Gasteiger partial charge in [0.25, 0.3) is 0 Å². The molecule has 0 atom stereocenters. The second-order valence-corrected chi connectivity index (χ2v) is 2.71. The van der Waals surface area contributed by atoms with Gasteiger partial charge in [0, 0.05) is 0 Å². The molecule has 0 amide bonds. The molecule has 0 unspecified atom stereocenters. The minimum atomic E-state index is -4.64. The standard InChI is InChI=1S/C4F6O.H3O4P/c5-1(6)3(9)11-4(10)2(7)8;1-5(2,3)4/h;(H3,1,2,3,4). The predicted octanol–water partition coefficient (Wildman–Crippen LogP) is 2.14. The molecule has 0 rings (SSSR count). The predicted molar refractivity (Wildman–Crippen MR) is 36.0 cm³/mol. The van der Waals surface area contributed by atoms with Crippen LogP contribution in [0.25, 0.3) is 0 Å². The Morgan fingerprint density at radius 3 is 1.12 bits per heavy atom. The van der Waals surface area contributed by atoms with Crippen LogP contribution in [0.5, 0.6) is 0 Å². The summed E-state index contributed by atoms with van der Waals surface area (Å²) in [6.07, 6.45) is -6.03. The maximum absolute atomic E-state index is 11.4. The van der Waals surface area contributed by atoms with Gasteiger partial charge in [-0.15, -0.1) is 0 Å². The zero-order chi connectivity index (χ0) is 13.5. The molecule has 0 fully saturated rings. The van der Waals surface area contributed by atoms with E-state index in [1.807, 2.05) is 0 Å². The highest BCUT2D eigenvalue weighted by Crippen LogP contribution is 2.25. The number of ether oxygens (including phenoxy) is 1. The van der Waals surface area contributed by atoms with Crippen molar-refractivity contribution in [3.63, 3.8) is 0 Å². The van der Waals surface area contributed by atoms with Crippen molar-refractivity contribution in [2.45, 2.75) is 0 Å². The van der Waals surface area contributed by atoms with E-state index in [1.54, 1.807) is 0 Å². The second-order valence-electron chi connectivity index (χ2n) is 1.68. The van der Waals surface area contributed by atoms with E-state index in [1.165, 1.54) is 0 Å². The van der Waals surface area contributed by atoms with Crippen molar-refractivity contribution >= 4 is 7.82 Å². The Labute approximate surface area is 83.5 Å². The first-order chi connectivity index (χ1) is 6.95. The van der Waals surface area contributed by atoms with Crippen molar-refractivity contribution in [1.82, 2.24) is 0 Å². The summed E-state index contributed by atoms with van der Waals surface area (Å²) in [6.45, 7) is 0. The number of rotatable bonds is 2. The molecule has 0 aromatic carbocycles. The molecule has 12 heteroatoms. The Balaban J connectivity index is 0. The maximum atomic E-state index is 11.4. The molecule has 0 aliphatic heterocycles. The monoisotopic (exact) mass is 276 g/mol. The van der Waals surface area contributed by atoms with Crippen molar-refractivity contribution in [1.29, 1.82) is 0 Å². The number of hydrogen-bond donors (Lipinski definition) is 3. The largest absolute Gasteiger partial charge is 0.466 e. The molecule has 0 spiro atoms. The smallest absolute Gasteiger partial charge is 0.396 e. The van der Waals surface area contributed by atoms with E-state index in [0.717, 1.165) is 0 Å². The van der Waals surface area contributed by atoms with Crippen LogP contribution in [-0.4, -0.2) is 14.7 Å². The normalized spacial score (nSPS) is 9.81. The van der Waals surface area contributed by atoms with Gasteiger partial charge in [0.05, 0.1) is 0 Å². The van der Waals surface area contributed by atoms with Gasteiger partial charge in [-0.25, -0.2) is 4.57 Å². The fraction of sp³-hybridized carbons (Fsp3) is 0. The Morgan fingerprint density at radius 1 is 0.812 bits per heavy atom. The fourth-order valence-corrected chi connectivity index (χ4v) is 0.156. The van der Waals surface area contributed by atoms with E-state index >= 15 is 0 Å². The summed E-state index contributed by atoms with van der Waals surface area (Å²) >= 11 is 0. The summed E-state index contributed by atoms with van der Waals surface area (Å²) in [5.41, 5.74) is 0. The molecule has 0 aromatic rings. The third kappa shape index (κ3) is 15.4. The molecule has 0 heterocycles. The third-order valence-electron chi connectivity index (χ3n) is 0.476. The van der Waals surface area contributed by atoms with E-state index in [9.17, 15) is 26.3 Å². The van der Waals surface area contributed by atoms with Gasteiger partial charge in [0.1, 0.15) is 0 Å². The van der Waals surface area contributed by atoms with Gasteiger partial charge >= 0.3 is 32.0 Å². The Hall–Kier alpha value is -1.03. The van der Waals surface area contributed by atoms with Crippen LogP contribution in [0.4, 0.5) is 26.3 Å². The second kappa shape index (κ2) is 7.28. The average molecular weight is 276 g/mol. The van der Waals surface area contributed by atoms with Crippen LogP contribution in [0.3, 0.4) is 0 Å². The van der Waals surface area contributed by atoms with E-state index in [2.05, 4.69) is 4.74 Å². The molecular formula is C4H3F6O5P. The minimum Gasteiger partial charge on any atom is -0.396 e. The van der Waals surface area contributed by atoms with Gasteiger partial charge in [0.15, 0.2) is 0 Å². The summed E-state index contributed by atoms with van der Waals surface area (Å²) < 4.78 is 78.4. The first-order valence-electron chi connectivity index (χ1n) is 2.82. The van der Waals surface area contributed by atoms with Crippen molar-refractivity contribution in [3.05, 3.63) is 24.2 Å². The minimum absolute atomic E-state index is 2.68. The van der Waals surface area contributed by atoms with E-state index in [-0.39, 0.29) is 0 Å². The fourth-order valence-electron chi connectivity index (χ4n) is 0.156. The molecule has 0 aliphatic carbocycles. The number of halogens is 6. The van der Waals surface area contributed by atoms with Gasteiger partial charge < -0.3 is 19.4 Å². The summed E-state index contributed by atoms with van der Waals surface area (Å²) in [5, 5.41) is 0. The van der Waals surface area contributed by atoms with Crippen molar-refractivity contribution in [3.8, 4) is 0 Å². The van der Waals surface area contributed by atoms with Crippen LogP contribution in [0, 0.1) is 0 Å². The SMILES string of the molecule is FC(F)=C(F)OC(F)=C(F)F.O=P(O)(O)O. The molecule has 16 heavy (non-hydrogen) atoms. The average Bonchev–Trinajstić information content (AvgIpc) is 2.00. The first kappa shape index (κ1) is 17.4. The zero-order valence-electron chi connectivity index (χ0n) is 6.87. The quantitative estimate of drug-likeness (QED) is 0.408. The lowest BCUT2D eigenvalue weighted by Crippen LogP contribution is -1.85.